The quantitative estimate of drug-likeness (QED) is 0.582. The van der Waals surface area contributed by atoms with Crippen LogP contribution in [-0.4, -0.2) is 54.2 Å². The van der Waals surface area contributed by atoms with Gasteiger partial charge in [-0.3, -0.25) is 9.59 Å². The maximum absolute atomic E-state index is 13.2. The van der Waals surface area contributed by atoms with Crippen LogP contribution in [0.3, 0.4) is 0 Å². The average molecular weight is 479 g/mol. The number of carbonyl (C=O) groups is 3. The third kappa shape index (κ3) is 5.66. The molecule has 1 aliphatic heterocycles. The van der Waals surface area contributed by atoms with Crippen LogP contribution in [0, 0.1) is 17.8 Å². The molecule has 2 aromatic carbocycles. The highest BCUT2D eigenvalue weighted by Gasteiger charge is 2.33. The number of aliphatic carboxylic acids is 1. The number of ether oxygens (including phenoxy) is 1. The van der Waals surface area contributed by atoms with E-state index in [1.165, 1.54) is 11.1 Å². The number of carboxylic acids is 1. The first-order chi connectivity index (χ1) is 16.8. The van der Waals surface area contributed by atoms with Crippen molar-refractivity contribution in [3.8, 4) is 11.1 Å². The van der Waals surface area contributed by atoms with Gasteiger partial charge in [-0.05, 0) is 47.4 Å². The standard InChI is InChI=1S/C28H34N2O5/c1-18(2)14-20(26(31)30-13-7-8-19(16-30)27(32)33)15-29-28(34)35-17-25-23-11-5-3-9-21(23)22-10-4-6-12-24(22)25/h3-6,9-12,18-20,25H,7-8,13-17H2,1-2H3,(H,29,34)(H,32,33)/t19-,20?/m0/s1. The van der Waals surface area contributed by atoms with E-state index in [1.54, 1.807) is 4.90 Å². The molecule has 35 heavy (non-hydrogen) atoms. The molecule has 1 fully saturated rings. The molecule has 7 nitrogen and oxygen atoms in total. The van der Waals surface area contributed by atoms with Crippen molar-refractivity contribution in [2.24, 2.45) is 17.8 Å². The van der Waals surface area contributed by atoms with Crippen molar-refractivity contribution in [3.05, 3.63) is 59.7 Å². The summed E-state index contributed by atoms with van der Waals surface area (Å²) in [6.45, 7) is 5.24. The number of hydrogen-bond donors (Lipinski definition) is 2. The zero-order valence-corrected chi connectivity index (χ0v) is 20.4. The molecule has 2 amide bonds. The Balaban J connectivity index is 1.36. The van der Waals surface area contributed by atoms with Crippen LogP contribution in [0.2, 0.25) is 0 Å². The molecule has 2 N–H and O–H groups in total. The molecule has 0 aromatic heterocycles. The number of piperidine rings is 1. The number of benzene rings is 2. The second-order valence-electron chi connectivity index (χ2n) is 9.99. The fourth-order valence-electron chi connectivity index (χ4n) is 5.33. The van der Waals surface area contributed by atoms with E-state index in [4.69, 9.17) is 4.74 Å². The number of hydrogen-bond acceptors (Lipinski definition) is 4. The molecule has 0 saturated carbocycles. The Morgan fingerprint density at radius 1 is 1.06 bits per heavy atom. The summed E-state index contributed by atoms with van der Waals surface area (Å²) in [5.74, 6) is -1.66. The van der Waals surface area contributed by atoms with Gasteiger partial charge in [-0.25, -0.2) is 4.79 Å². The average Bonchev–Trinajstić information content (AvgIpc) is 3.18. The summed E-state index contributed by atoms with van der Waals surface area (Å²) >= 11 is 0. The maximum atomic E-state index is 13.2. The van der Waals surface area contributed by atoms with Crippen molar-refractivity contribution in [2.45, 2.75) is 39.0 Å². The van der Waals surface area contributed by atoms with Crippen molar-refractivity contribution in [2.75, 3.05) is 26.2 Å². The van der Waals surface area contributed by atoms with Crippen molar-refractivity contribution < 1.29 is 24.2 Å². The monoisotopic (exact) mass is 478 g/mol. The Labute approximate surface area is 206 Å². The number of carboxylic acid groups (broad SMARTS) is 1. The number of carbonyl (C=O) groups excluding carboxylic acids is 2. The highest BCUT2D eigenvalue weighted by atomic mass is 16.5. The number of nitrogens with zero attached hydrogens (tertiary/aromatic N) is 1. The van der Waals surface area contributed by atoms with Crippen molar-refractivity contribution >= 4 is 18.0 Å². The third-order valence-electron chi connectivity index (χ3n) is 7.02. The molecule has 4 rings (SSSR count). The van der Waals surface area contributed by atoms with E-state index in [-0.39, 0.29) is 37.4 Å². The first-order valence-corrected chi connectivity index (χ1v) is 12.5. The lowest BCUT2D eigenvalue weighted by Gasteiger charge is -2.34. The van der Waals surface area contributed by atoms with E-state index >= 15 is 0 Å². The Bertz CT molecular complexity index is 1040. The van der Waals surface area contributed by atoms with Crippen LogP contribution < -0.4 is 5.32 Å². The van der Waals surface area contributed by atoms with E-state index in [9.17, 15) is 19.5 Å². The number of likely N-dealkylation sites (tertiary alicyclic amines) is 1. The summed E-state index contributed by atoms with van der Waals surface area (Å²) < 4.78 is 5.62. The zero-order chi connectivity index (χ0) is 24.9. The van der Waals surface area contributed by atoms with E-state index in [1.807, 2.05) is 38.1 Å². The van der Waals surface area contributed by atoms with Gasteiger partial charge in [0.15, 0.2) is 0 Å². The largest absolute Gasteiger partial charge is 0.481 e. The van der Waals surface area contributed by atoms with E-state index in [0.717, 1.165) is 11.1 Å². The Morgan fingerprint density at radius 3 is 2.29 bits per heavy atom. The fourth-order valence-corrected chi connectivity index (χ4v) is 5.33. The van der Waals surface area contributed by atoms with Gasteiger partial charge >= 0.3 is 12.1 Å². The van der Waals surface area contributed by atoms with Crippen LogP contribution in [0.15, 0.2) is 48.5 Å². The molecule has 0 radical (unpaired) electrons. The van der Waals surface area contributed by atoms with Gasteiger partial charge in [0.05, 0.1) is 11.8 Å². The minimum Gasteiger partial charge on any atom is -0.481 e. The number of fused-ring (bicyclic) bond motifs is 3. The summed E-state index contributed by atoms with van der Waals surface area (Å²) in [6.07, 6.45) is 1.33. The van der Waals surface area contributed by atoms with Gasteiger partial charge in [-0.1, -0.05) is 62.4 Å². The Kier molecular flexibility index (Phi) is 7.73. The minimum atomic E-state index is -0.861. The molecule has 1 unspecified atom stereocenters. The van der Waals surface area contributed by atoms with Gasteiger partial charge in [-0.15, -0.1) is 0 Å². The lowest BCUT2D eigenvalue weighted by atomic mass is 9.92. The maximum Gasteiger partial charge on any atom is 0.407 e. The van der Waals surface area contributed by atoms with Crippen LogP contribution in [0.4, 0.5) is 4.79 Å². The molecule has 186 valence electrons. The van der Waals surface area contributed by atoms with Gasteiger partial charge in [0.25, 0.3) is 0 Å². The second kappa shape index (κ2) is 10.9. The van der Waals surface area contributed by atoms with Gasteiger partial charge in [0, 0.05) is 25.6 Å². The Morgan fingerprint density at radius 2 is 1.69 bits per heavy atom. The number of rotatable bonds is 8. The van der Waals surface area contributed by atoms with Crippen molar-refractivity contribution in [1.29, 1.82) is 0 Å². The first kappa shape index (κ1) is 24.8. The molecule has 2 atom stereocenters. The molecular formula is C28H34N2O5. The highest BCUT2D eigenvalue weighted by molar-refractivity contribution is 5.81. The molecule has 2 aromatic rings. The summed E-state index contributed by atoms with van der Waals surface area (Å²) in [5.41, 5.74) is 4.63. The van der Waals surface area contributed by atoms with Gasteiger partial charge < -0.3 is 20.1 Å². The Hall–Kier alpha value is -3.35. The van der Waals surface area contributed by atoms with Gasteiger partial charge in [-0.2, -0.15) is 0 Å². The van der Waals surface area contributed by atoms with Crippen molar-refractivity contribution in [3.63, 3.8) is 0 Å². The summed E-state index contributed by atoms with van der Waals surface area (Å²) in [4.78, 5) is 38.9. The van der Waals surface area contributed by atoms with Crippen LogP contribution in [0.5, 0.6) is 0 Å². The fraction of sp³-hybridized carbons (Fsp3) is 0.464. The highest BCUT2D eigenvalue weighted by Crippen LogP contribution is 2.44. The summed E-state index contributed by atoms with van der Waals surface area (Å²) in [7, 11) is 0. The normalized spacial score (nSPS) is 18.0. The topological polar surface area (TPSA) is 95.9 Å². The zero-order valence-electron chi connectivity index (χ0n) is 20.4. The van der Waals surface area contributed by atoms with E-state index in [2.05, 4.69) is 29.6 Å². The number of nitrogens with one attached hydrogen (secondary N) is 1. The molecule has 7 heteroatoms. The van der Waals surface area contributed by atoms with E-state index in [0.29, 0.717) is 25.8 Å². The molecule has 2 aliphatic rings. The molecular weight excluding hydrogens is 444 g/mol. The molecule has 1 aliphatic carbocycles. The smallest absolute Gasteiger partial charge is 0.407 e. The summed E-state index contributed by atoms with van der Waals surface area (Å²) in [6, 6.07) is 16.3. The van der Waals surface area contributed by atoms with Crippen LogP contribution >= 0.6 is 0 Å². The van der Waals surface area contributed by atoms with Crippen LogP contribution in [-0.2, 0) is 14.3 Å². The lowest BCUT2D eigenvalue weighted by Crippen LogP contribution is -2.47. The third-order valence-corrected chi connectivity index (χ3v) is 7.02. The van der Waals surface area contributed by atoms with Gasteiger partial charge in [0.2, 0.25) is 5.91 Å². The molecule has 0 bridgehead atoms. The van der Waals surface area contributed by atoms with Crippen molar-refractivity contribution in [1.82, 2.24) is 10.2 Å². The van der Waals surface area contributed by atoms with E-state index < -0.39 is 23.9 Å². The molecule has 0 spiro atoms. The second-order valence-corrected chi connectivity index (χ2v) is 9.99. The van der Waals surface area contributed by atoms with Gasteiger partial charge in [0.1, 0.15) is 6.61 Å². The minimum absolute atomic E-state index is 0.0254. The molecule has 1 saturated heterocycles. The van der Waals surface area contributed by atoms with Crippen LogP contribution in [0.1, 0.15) is 50.2 Å². The predicted octanol–water partition coefficient (Wildman–Crippen LogP) is 4.51. The lowest BCUT2D eigenvalue weighted by molar-refractivity contribution is -0.146. The SMILES string of the molecule is CC(C)CC(CNC(=O)OCC1c2ccccc2-c2ccccc21)C(=O)N1CCC[C@H](C(=O)O)C1. The molecule has 1 heterocycles. The number of alkyl carbamates (subject to hydrolysis) is 1. The number of amides is 2. The van der Waals surface area contributed by atoms with Crippen LogP contribution in [0.25, 0.3) is 11.1 Å². The summed E-state index contributed by atoms with van der Waals surface area (Å²) in [5, 5.41) is 12.1. The predicted molar refractivity (Wildman–Crippen MR) is 133 cm³/mol. The first-order valence-electron chi connectivity index (χ1n) is 12.5.